The smallest absolute Gasteiger partial charge is 0.412 e. The van der Waals surface area contributed by atoms with Crippen LogP contribution in [0.3, 0.4) is 0 Å². The Morgan fingerprint density at radius 2 is 1.84 bits per heavy atom. The molecule has 0 aromatic heterocycles. The zero-order valence-electron chi connectivity index (χ0n) is 18.3. The fourth-order valence-corrected chi connectivity index (χ4v) is 4.22. The van der Waals surface area contributed by atoms with E-state index in [1.165, 1.54) is 0 Å². The number of quaternary nitrogens is 1. The minimum absolute atomic E-state index is 0.0531. The monoisotopic (exact) mass is 426 g/mol. The van der Waals surface area contributed by atoms with Crippen LogP contribution < -0.4 is 15.8 Å². The van der Waals surface area contributed by atoms with E-state index in [2.05, 4.69) is 5.32 Å². The van der Waals surface area contributed by atoms with E-state index in [-0.39, 0.29) is 16.6 Å². The third kappa shape index (κ3) is 5.24. The first-order chi connectivity index (χ1) is 15.0. The molecule has 3 N–H and O–H groups in total. The molecule has 1 aliphatic heterocycles. The van der Waals surface area contributed by atoms with E-state index >= 15 is 0 Å². The third-order valence-electron chi connectivity index (χ3n) is 5.96. The maximum atomic E-state index is 13.8. The Hall–Kier alpha value is -2.90. The number of carbonyl (C=O) groups excluding carboxylic acids is 2. The molecule has 0 radical (unpaired) electrons. The molecule has 0 saturated carbocycles. The van der Waals surface area contributed by atoms with E-state index in [4.69, 9.17) is 15.2 Å². The van der Waals surface area contributed by atoms with Crippen molar-refractivity contribution in [2.24, 2.45) is 5.73 Å². The van der Waals surface area contributed by atoms with Gasteiger partial charge in [0.1, 0.15) is 24.0 Å². The highest BCUT2D eigenvalue weighted by Gasteiger charge is 2.47. The molecule has 2 aromatic carbocycles. The van der Waals surface area contributed by atoms with Crippen molar-refractivity contribution in [3.63, 3.8) is 0 Å². The Morgan fingerprint density at radius 1 is 1.13 bits per heavy atom. The van der Waals surface area contributed by atoms with Crippen LogP contribution in [0.5, 0.6) is 5.75 Å². The van der Waals surface area contributed by atoms with E-state index in [0.717, 1.165) is 19.3 Å². The Kier molecular flexibility index (Phi) is 7.65. The maximum absolute atomic E-state index is 13.8. The van der Waals surface area contributed by atoms with Gasteiger partial charge in [-0.1, -0.05) is 37.3 Å². The van der Waals surface area contributed by atoms with Gasteiger partial charge in [0.2, 0.25) is 0 Å². The molecule has 0 bridgehead atoms. The Balaban J connectivity index is 1.82. The summed E-state index contributed by atoms with van der Waals surface area (Å²) in [5.41, 5.74) is 7.72. The predicted molar refractivity (Wildman–Crippen MR) is 120 cm³/mol. The van der Waals surface area contributed by atoms with E-state index in [1.807, 2.05) is 37.3 Å². The standard InChI is InChI=1S/C24H31N3O4/c1-3-19(31-24(29)26-18-11-5-4-6-12-18)17-27(16-10-9-15-22(27)25)23(28)20-13-7-8-14-21(20)30-2/h4-8,11-14,19,22H,3,9-10,15-17,25H2,1-2H3/p+1. The number of rotatable bonds is 7. The normalized spacial score (nSPS) is 21.7. The maximum Gasteiger partial charge on any atom is 0.412 e. The van der Waals surface area contributed by atoms with Gasteiger partial charge in [0.05, 0.1) is 13.7 Å². The lowest BCUT2D eigenvalue weighted by Crippen LogP contribution is -2.67. The molecule has 1 aliphatic rings. The molecule has 0 spiro atoms. The van der Waals surface area contributed by atoms with Gasteiger partial charge in [0, 0.05) is 12.1 Å². The summed E-state index contributed by atoms with van der Waals surface area (Å²) >= 11 is 0. The lowest BCUT2D eigenvalue weighted by molar-refractivity contribution is -0.882. The summed E-state index contributed by atoms with van der Waals surface area (Å²) in [4.78, 5) is 26.3. The summed E-state index contributed by atoms with van der Waals surface area (Å²) in [6.45, 7) is 2.88. The van der Waals surface area contributed by atoms with Gasteiger partial charge in [-0.2, -0.15) is 0 Å². The topological polar surface area (TPSA) is 90.7 Å². The molecule has 1 fully saturated rings. The zero-order chi connectivity index (χ0) is 22.3. The SMILES string of the molecule is CCC(C[N+]1(C(=O)c2ccccc2OC)CCCCC1N)OC(=O)Nc1ccccc1. The number of ether oxygens (including phenoxy) is 2. The quantitative estimate of drug-likeness (QED) is 0.649. The van der Waals surface area contributed by atoms with Gasteiger partial charge in [-0.15, -0.1) is 0 Å². The molecule has 1 saturated heterocycles. The van der Waals surface area contributed by atoms with Gasteiger partial charge >= 0.3 is 12.0 Å². The van der Waals surface area contributed by atoms with Crippen molar-refractivity contribution >= 4 is 17.7 Å². The number of hydrogen-bond donors (Lipinski definition) is 2. The van der Waals surface area contributed by atoms with Crippen LogP contribution in [0.25, 0.3) is 0 Å². The molecule has 3 rings (SSSR count). The van der Waals surface area contributed by atoms with Crippen LogP contribution in [0.15, 0.2) is 54.6 Å². The van der Waals surface area contributed by atoms with Crippen molar-refractivity contribution in [2.75, 3.05) is 25.5 Å². The Bertz CT molecular complexity index is 889. The van der Waals surface area contributed by atoms with Crippen LogP contribution >= 0.6 is 0 Å². The minimum Gasteiger partial charge on any atom is -0.496 e. The predicted octanol–water partition coefficient (Wildman–Crippen LogP) is 4.15. The van der Waals surface area contributed by atoms with E-state index in [9.17, 15) is 9.59 Å². The van der Waals surface area contributed by atoms with Gasteiger partial charge in [-0.3, -0.25) is 11.1 Å². The first kappa shape index (κ1) is 22.8. The molecule has 3 atom stereocenters. The third-order valence-corrected chi connectivity index (χ3v) is 5.96. The largest absolute Gasteiger partial charge is 0.496 e. The highest BCUT2D eigenvalue weighted by molar-refractivity contribution is 5.92. The number of hydrogen-bond acceptors (Lipinski definition) is 5. The van der Waals surface area contributed by atoms with E-state index < -0.39 is 12.2 Å². The fourth-order valence-electron chi connectivity index (χ4n) is 4.22. The molecular formula is C24H32N3O4+. The number of likely N-dealkylation sites (tertiary alicyclic amines) is 1. The van der Waals surface area contributed by atoms with Gasteiger partial charge in [0.15, 0.2) is 6.10 Å². The van der Waals surface area contributed by atoms with Crippen LogP contribution in [0.2, 0.25) is 0 Å². The number of methoxy groups -OCH3 is 1. The lowest BCUT2D eigenvalue weighted by atomic mass is 9.99. The van der Waals surface area contributed by atoms with Crippen molar-refractivity contribution < 1.29 is 23.5 Å². The molecule has 1 heterocycles. The first-order valence-electron chi connectivity index (χ1n) is 10.8. The number of anilines is 1. The number of nitrogens with zero attached hydrogens (tertiary/aromatic N) is 1. The van der Waals surface area contributed by atoms with Crippen molar-refractivity contribution in [3.05, 3.63) is 60.2 Å². The summed E-state index contributed by atoms with van der Waals surface area (Å²) in [6.07, 6.45) is 1.84. The Morgan fingerprint density at radius 3 is 2.52 bits per heavy atom. The van der Waals surface area contributed by atoms with Crippen LogP contribution in [0.4, 0.5) is 10.5 Å². The van der Waals surface area contributed by atoms with Gasteiger partial charge in [-0.25, -0.2) is 14.1 Å². The molecule has 0 aliphatic carbocycles. The molecule has 166 valence electrons. The van der Waals surface area contributed by atoms with E-state index in [1.54, 1.807) is 31.4 Å². The second-order valence-corrected chi connectivity index (χ2v) is 7.94. The molecule has 31 heavy (non-hydrogen) atoms. The highest BCUT2D eigenvalue weighted by Crippen LogP contribution is 2.31. The fraction of sp³-hybridized carbons (Fsp3) is 0.417. The number of piperidine rings is 1. The second kappa shape index (κ2) is 10.4. The molecule has 7 nitrogen and oxygen atoms in total. The number of amides is 2. The van der Waals surface area contributed by atoms with Gasteiger partial charge in [-0.05, 0) is 43.5 Å². The average Bonchev–Trinajstić information content (AvgIpc) is 2.80. The van der Waals surface area contributed by atoms with Crippen LogP contribution in [0, 0.1) is 0 Å². The minimum atomic E-state index is -0.536. The van der Waals surface area contributed by atoms with Gasteiger partial charge in [0.25, 0.3) is 0 Å². The second-order valence-electron chi connectivity index (χ2n) is 7.94. The average molecular weight is 427 g/mol. The van der Waals surface area contributed by atoms with Crippen LogP contribution in [0.1, 0.15) is 43.0 Å². The van der Waals surface area contributed by atoms with Crippen LogP contribution in [-0.2, 0) is 4.74 Å². The Labute approximate surface area is 183 Å². The number of nitrogens with one attached hydrogen (secondary N) is 1. The summed E-state index contributed by atoms with van der Waals surface area (Å²) in [5, 5.41) is 2.74. The number of para-hydroxylation sites is 2. The molecule has 3 unspecified atom stereocenters. The number of carbonyl (C=O) groups is 2. The summed E-state index contributed by atoms with van der Waals surface area (Å²) in [5.74, 6) is 0.439. The molecule has 2 amide bonds. The van der Waals surface area contributed by atoms with Crippen molar-refractivity contribution in [3.8, 4) is 5.75 Å². The first-order valence-corrected chi connectivity index (χ1v) is 10.8. The van der Waals surface area contributed by atoms with Gasteiger partial charge < -0.3 is 9.47 Å². The molecular weight excluding hydrogens is 394 g/mol. The van der Waals surface area contributed by atoms with E-state index in [0.29, 0.717) is 36.5 Å². The molecule has 2 aromatic rings. The summed E-state index contributed by atoms with van der Waals surface area (Å²) in [6, 6.07) is 16.3. The lowest BCUT2D eigenvalue weighted by Gasteiger charge is -2.44. The number of benzene rings is 2. The summed E-state index contributed by atoms with van der Waals surface area (Å²) < 4.78 is 11.2. The zero-order valence-corrected chi connectivity index (χ0v) is 18.3. The van der Waals surface area contributed by atoms with Crippen molar-refractivity contribution in [2.45, 2.75) is 44.9 Å². The van der Waals surface area contributed by atoms with Crippen molar-refractivity contribution in [1.82, 2.24) is 0 Å². The summed E-state index contributed by atoms with van der Waals surface area (Å²) in [7, 11) is 1.55. The molecule has 7 heteroatoms. The van der Waals surface area contributed by atoms with Crippen molar-refractivity contribution in [1.29, 1.82) is 0 Å². The highest BCUT2D eigenvalue weighted by atomic mass is 16.6. The number of nitrogens with two attached hydrogens (primary N) is 1. The van der Waals surface area contributed by atoms with Crippen LogP contribution in [-0.4, -0.2) is 49.0 Å².